The van der Waals surface area contributed by atoms with Crippen molar-refractivity contribution in [2.45, 2.75) is 24.9 Å². The molecule has 0 aliphatic carbocycles. The van der Waals surface area contributed by atoms with Crippen LogP contribution >= 0.6 is 11.8 Å². The van der Waals surface area contributed by atoms with Gasteiger partial charge in [-0.1, -0.05) is 19.1 Å². The Balaban J connectivity index is 2.05. The van der Waals surface area contributed by atoms with Gasteiger partial charge >= 0.3 is 0 Å². The molecule has 0 amide bonds. The van der Waals surface area contributed by atoms with E-state index in [-0.39, 0.29) is 0 Å². The first kappa shape index (κ1) is 15.9. The van der Waals surface area contributed by atoms with E-state index in [1.165, 1.54) is 10.6 Å². The van der Waals surface area contributed by atoms with Crippen LogP contribution in [-0.2, 0) is 7.05 Å². The molecule has 21 heavy (non-hydrogen) atoms. The van der Waals surface area contributed by atoms with Crippen LogP contribution in [0.5, 0.6) is 5.75 Å². The number of thioether (sulfide) groups is 1. The summed E-state index contributed by atoms with van der Waals surface area (Å²) < 4.78 is 7.16. The molecule has 114 valence electrons. The summed E-state index contributed by atoms with van der Waals surface area (Å²) in [6, 6.07) is 10.7. The zero-order valence-corrected chi connectivity index (χ0v) is 13.9. The number of hydrogen-bond donors (Lipinski definition) is 1. The van der Waals surface area contributed by atoms with E-state index in [1.807, 2.05) is 42.5 Å². The molecule has 0 saturated carbocycles. The van der Waals surface area contributed by atoms with E-state index in [0.717, 1.165) is 23.7 Å². The highest BCUT2D eigenvalue weighted by Crippen LogP contribution is 2.26. The Bertz CT molecular complexity index is 565. The average Bonchev–Trinajstić information content (AvgIpc) is 2.81. The molecule has 1 aromatic carbocycles. The molecule has 0 spiro atoms. The minimum Gasteiger partial charge on any atom is -0.497 e. The van der Waals surface area contributed by atoms with E-state index in [2.05, 4.69) is 35.5 Å². The summed E-state index contributed by atoms with van der Waals surface area (Å²) in [5, 5.41) is 9.13. The molecular weight excluding hydrogens is 282 g/mol. The molecule has 4 nitrogen and oxygen atoms in total. The number of aryl methyl sites for hydroxylation is 2. The molecule has 1 atom stereocenters. The lowest BCUT2D eigenvalue weighted by Gasteiger charge is -2.18. The van der Waals surface area contributed by atoms with Gasteiger partial charge in [-0.25, -0.2) is 0 Å². The number of aromatic nitrogens is 2. The molecule has 2 aromatic rings. The first-order valence-electron chi connectivity index (χ1n) is 7.14. The molecular formula is C16H23N3OS. The summed E-state index contributed by atoms with van der Waals surface area (Å²) in [4.78, 5) is 0. The molecule has 0 bridgehead atoms. The molecule has 1 unspecified atom stereocenters. The van der Waals surface area contributed by atoms with Gasteiger partial charge in [0.2, 0.25) is 0 Å². The zero-order chi connectivity index (χ0) is 15.2. The Labute approximate surface area is 130 Å². The molecule has 2 rings (SSSR count). The van der Waals surface area contributed by atoms with Crippen LogP contribution in [0.1, 0.15) is 24.2 Å². The Morgan fingerprint density at radius 3 is 2.57 bits per heavy atom. The summed E-state index contributed by atoms with van der Waals surface area (Å²) >= 11 is 1.83. The van der Waals surface area contributed by atoms with Gasteiger partial charge in [0.05, 0.1) is 17.8 Å². The minimum absolute atomic E-state index is 0.320. The van der Waals surface area contributed by atoms with Crippen molar-refractivity contribution >= 4 is 11.8 Å². The normalized spacial score (nSPS) is 12.4. The van der Waals surface area contributed by atoms with Gasteiger partial charge in [-0.3, -0.25) is 4.68 Å². The van der Waals surface area contributed by atoms with Gasteiger partial charge < -0.3 is 10.1 Å². The third-order valence-corrected chi connectivity index (χ3v) is 4.50. The second-order valence-electron chi connectivity index (χ2n) is 4.94. The lowest BCUT2D eigenvalue weighted by Crippen LogP contribution is -2.23. The highest BCUT2D eigenvalue weighted by Gasteiger charge is 2.12. The minimum atomic E-state index is 0.320. The van der Waals surface area contributed by atoms with Crippen LogP contribution in [-0.4, -0.2) is 29.2 Å². The number of ether oxygens (including phenoxy) is 1. The van der Waals surface area contributed by atoms with E-state index in [9.17, 15) is 0 Å². The van der Waals surface area contributed by atoms with Gasteiger partial charge in [0.25, 0.3) is 0 Å². The van der Waals surface area contributed by atoms with Gasteiger partial charge in [-0.2, -0.15) is 5.10 Å². The third kappa shape index (κ3) is 4.25. The predicted octanol–water partition coefficient (Wildman–Crippen LogP) is 3.18. The summed E-state index contributed by atoms with van der Waals surface area (Å²) in [5.41, 5.74) is 2.34. The summed E-state index contributed by atoms with van der Waals surface area (Å²) in [7, 11) is 3.68. The summed E-state index contributed by atoms with van der Waals surface area (Å²) in [6.07, 6.45) is 0. The smallest absolute Gasteiger partial charge is 0.118 e. The molecule has 0 radical (unpaired) electrons. The van der Waals surface area contributed by atoms with Crippen LogP contribution < -0.4 is 10.1 Å². The first-order valence-corrected chi connectivity index (χ1v) is 8.13. The second-order valence-corrected chi connectivity index (χ2v) is 5.98. The van der Waals surface area contributed by atoms with Gasteiger partial charge in [-0.15, -0.1) is 11.8 Å². The molecule has 5 heteroatoms. The number of nitrogens with one attached hydrogen (secondary N) is 1. The fraction of sp³-hybridized carbons (Fsp3) is 0.438. The lowest BCUT2D eigenvalue weighted by atomic mass is 10.1. The van der Waals surface area contributed by atoms with E-state index < -0.39 is 0 Å². The molecule has 0 saturated heterocycles. The lowest BCUT2D eigenvalue weighted by molar-refractivity contribution is 0.414. The van der Waals surface area contributed by atoms with Crippen molar-refractivity contribution in [1.82, 2.24) is 15.1 Å². The number of nitrogens with zero attached hydrogens (tertiary/aromatic N) is 2. The number of methoxy groups -OCH3 is 1. The second kappa shape index (κ2) is 7.52. The van der Waals surface area contributed by atoms with Crippen molar-refractivity contribution in [3.8, 4) is 5.75 Å². The fourth-order valence-corrected chi connectivity index (χ4v) is 3.38. The van der Waals surface area contributed by atoms with Crippen LogP contribution in [0.25, 0.3) is 0 Å². The summed E-state index contributed by atoms with van der Waals surface area (Å²) in [6.45, 7) is 5.10. The predicted molar refractivity (Wildman–Crippen MR) is 88.1 cm³/mol. The Morgan fingerprint density at radius 2 is 2.05 bits per heavy atom. The number of rotatable bonds is 7. The van der Waals surface area contributed by atoms with Gasteiger partial charge in [-0.05, 0) is 37.2 Å². The summed E-state index contributed by atoms with van der Waals surface area (Å²) in [5.74, 6) is 1.86. The van der Waals surface area contributed by atoms with Crippen molar-refractivity contribution in [3.05, 3.63) is 41.6 Å². The maximum absolute atomic E-state index is 5.22. The molecule has 0 aliphatic rings. The van der Waals surface area contributed by atoms with Crippen molar-refractivity contribution in [2.24, 2.45) is 7.05 Å². The Kier molecular flexibility index (Phi) is 5.70. The SMILES string of the molecule is CCNC(CSc1cc(C)nn1C)c1ccc(OC)cc1. The van der Waals surface area contributed by atoms with Gasteiger partial charge in [0, 0.05) is 18.8 Å². The number of benzene rings is 1. The van der Waals surface area contributed by atoms with Gasteiger partial charge in [0.15, 0.2) is 0 Å². The highest BCUT2D eigenvalue weighted by molar-refractivity contribution is 7.99. The van der Waals surface area contributed by atoms with Crippen LogP contribution in [0.2, 0.25) is 0 Å². The Morgan fingerprint density at radius 1 is 1.33 bits per heavy atom. The fourth-order valence-electron chi connectivity index (χ4n) is 2.25. The maximum Gasteiger partial charge on any atom is 0.118 e. The van der Waals surface area contributed by atoms with Crippen LogP contribution in [0.3, 0.4) is 0 Å². The van der Waals surface area contributed by atoms with Crippen molar-refractivity contribution < 1.29 is 4.74 Å². The van der Waals surface area contributed by atoms with Crippen molar-refractivity contribution in [1.29, 1.82) is 0 Å². The van der Waals surface area contributed by atoms with Crippen molar-refractivity contribution in [2.75, 3.05) is 19.4 Å². The van der Waals surface area contributed by atoms with Crippen molar-refractivity contribution in [3.63, 3.8) is 0 Å². The standard InChI is InChI=1S/C16H23N3OS/c1-5-17-15(13-6-8-14(20-4)9-7-13)11-21-16-10-12(2)18-19(16)3/h6-10,15,17H,5,11H2,1-4H3. The van der Waals surface area contributed by atoms with Gasteiger partial charge in [0.1, 0.15) is 5.75 Å². The third-order valence-electron chi connectivity index (χ3n) is 3.33. The average molecular weight is 305 g/mol. The molecule has 1 aromatic heterocycles. The molecule has 0 fully saturated rings. The monoisotopic (exact) mass is 305 g/mol. The zero-order valence-electron chi connectivity index (χ0n) is 13.1. The van der Waals surface area contributed by atoms with E-state index in [4.69, 9.17) is 4.74 Å². The van der Waals surface area contributed by atoms with E-state index in [1.54, 1.807) is 7.11 Å². The molecule has 1 heterocycles. The number of hydrogen-bond acceptors (Lipinski definition) is 4. The molecule has 1 N–H and O–H groups in total. The first-order chi connectivity index (χ1) is 10.1. The van der Waals surface area contributed by atoms with E-state index >= 15 is 0 Å². The van der Waals surface area contributed by atoms with E-state index in [0.29, 0.717) is 6.04 Å². The van der Waals surface area contributed by atoms with Crippen LogP contribution in [0.4, 0.5) is 0 Å². The van der Waals surface area contributed by atoms with Crippen LogP contribution in [0, 0.1) is 6.92 Å². The maximum atomic E-state index is 5.22. The molecule has 0 aliphatic heterocycles. The largest absolute Gasteiger partial charge is 0.497 e. The topological polar surface area (TPSA) is 39.1 Å². The highest BCUT2D eigenvalue weighted by atomic mass is 32.2. The van der Waals surface area contributed by atoms with Crippen LogP contribution in [0.15, 0.2) is 35.4 Å². The quantitative estimate of drug-likeness (QED) is 0.798. The Hall–Kier alpha value is -1.46.